The van der Waals surface area contributed by atoms with E-state index in [0.29, 0.717) is 0 Å². The van der Waals surface area contributed by atoms with Crippen molar-refractivity contribution in [1.29, 1.82) is 0 Å². The zero-order valence-electron chi connectivity index (χ0n) is 12.4. The fourth-order valence-corrected chi connectivity index (χ4v) is 2.20. The number of benzene rings is 1. The van der Waals surface area contributed by atoms with Crippen LogP contribution in [0.25, 0.3) is 0 Å². The zero-order valence-corrected chi connectivity index (χ0v) is 12.4. The maximum absolute atomic E-state index is 8.68. The number of hydrogen-bond donors (Lipinski definition) is 3. The average Bonchev–Trinajstić information content (AvgIpc) is 2.89. The van der Waals surface area contributed by atoms with Gasteiger partial charge >= 0.3 is 0 Å². The summed E-state index contributed by atoms with van der Waals surface area (Å²) in [5, 5.41) is 19.3. The van der Waals surface area contributed by atoms with Crippen LogP contribution in [0.2, 0.25) is 0 Å². The van der Waals surface area contributed by atoms with Crippen molar-refractivity contribution in [2.45, 2.75) is 19.9 Å². The number of amidine groups is 1. The molecule has 0 fully saturated rings. The van der Waals surface area contributed by atoms with Crippen molar-refractivity contribution in [2.75, 3.05) is 6.54 Å². The van der Waals surface area contributed by atoms with Crippen molar-refractivity contribution in [3.05, 3.63) is 52.8 Å². The van der Waals surface area contributed by atoms with E-state index >= 15 is 0 Å². The van der Waals surface area contributed by atoms with Gasteiger partial charge in [-0.3, -0.25) is 4.68 Å². The number of aromatic nitrogens is 2. The Balaban J connectivity index is 1.87. The molecule has 0 saturated carbocycles. The quantitative estimate of drug-likeness (QED) is 0.244. The van der Waals surface area contributed by atoms with Crippen LogP contribution in [0.1, 0.15) is 22.4 Å². The molecule has 1 aromatic heterocycles. The number of rotatable bonds is 6. The smallest absolute Gasteiger partial charge is 0.170 e. The number of nitrogens with zero attached hydrogens (tertiary/aromatic N) is 3. The molecule has 0 saturated heterocycles. The maximum atomic E-state index is 8.68. The third-order valence-corrected chi connectivity index (χ3v) is 3.54. The highest BCUT2D eigenvalue weighted by atomic mass is 16.4. The van der Waals surface area contributed by atoms with E-state index in [4.69, 9.17) is 10.9 Å². The second kappa shape index (κ2) is 6.90. The van der Waals surface area contributed by atoms with E-state index in [2.05, 4.69) is 15.6 Å². The minimum atomic E-state index is 0.133. The summed E-state index contributed by atoms with van der Waals surface area (Å²) in [7, 11) is 1.95. The van der Waals surface area contributed by atoms with E-state index in [1.165, 1.54) is 11.3 Å². The van der Waals surface area contributed by atoms with Crippen molar-refractivity contribution in [1.82, 2.24) is 15.1 Å². The van der Waals surface area contributed by atoms with E-state index in [1.807, 2.05) is 49.1 Å². The van der Waals surface area contributed by atoms with E-state index in [-0.39, 0.29) is 5.84 Å². The largest absolute Gasteiger partial charge is 0.409 e. The molecule has 0 bridgehead atoms. The third kappa shape index (κ3) is 3.82. The second-order valence-electron chi connectivity index (χ2n) is 5.00. The first-order valence-corrected chi connectivity index (χ1v) is 6.87. The molecule has 4 N–H and O–H groups in total. The fourth-order valence-electron chi connectivity index (χ4n) is 2.20. The van der Waals surface area contributed by atoms with Crippen molar-refractivity contribution >= 4 is 5.84 Å². The van der Waals surface area contributed by atoms with Crippen molar-refractivity contribution < 1.29 is 5.21 Å². The highest BCUT2D eigenvalue weighted by Crippen LogP contribution is 2.11. The van der Waals surface area contributed by atoms with Crippen LogP contribution in [0.4, 0.5) is 0 Å². The summed E-state index contributed by atoms with van der Waals surface area (Å²) in [6.07, 6.45) is 2.75. The highest BCUT2D eigenvalue weighted by molar-refractivity contribution is 5.97. The molecule has 0 aliphatic rings. The van der Waals surface area contributed by atoms with E-state index in [9.17, 15) is 0 Å². The van der Waals surface area contributed by atoms with Crippen LogP contribution in [-0.2, 0) is 20.0 Å². The molecule has 0 radical (unpaired) electrons. The third-order valence-electron chi connectivity index (χ3n) is 3.54. The van der Waals surface area contributed by atoms with Gasteiger partial charge in [0.05, 0.1) is 0 Å². The molecule has 6 heteroatoms. The molecule has 112 valence electrons. The van der Waals surface area contributed by atoms with Crippen LogP contribution in [0.5, 0.6) is 0 Å². The van der Waals surface area contributed by atoms with Crippen LogP contribution in [0.3, 0.4) is 0 Å². The molecule has 1 aromatic carbocycles. The Hall–Kier alpha value is -2.34. The Kier molecular flexibility index (Phi) is 4.94. The Morgan fingerprint density at radius 1 is 1.43 bits per heavy atom. The van der Waals surface area contributed by atoms with Gasteiger partial charge in [0.2, 0.25) is 0 Å². The predicted molar refractivity (Wildman–Crippen MR) is 82.3 cm³/mol. The lowest BCUT2D eigenvalue weighted by atomic mass is 10.0. The molecule has 6 nitrogen and oxygen atoms in total. The van der Waals surface area contributed by atoms with Crippen LogP contribution in [0.15, 0.2) is 35.6 Å². The molecule has 0 amide bonds. The lowest BCUT2D eigenvalue weighted by Crippen LogP contribution is -2.19. The number of nitrogens with one attached hydrogen (secondary N) is 1. The SMILES string of the molecule is Cc1cc(/C(N)=N/O)ccc1CNCCc1ccnn1C. The molecule has 0 aliphatic heterocycles. The summed E-state index contributed by atoms with van der Waals surface area (Å²) in [4.78, 5) is 0. The number of aryl methyl sites for hydroxylation is 2. The molecule has 0 atom stereocenters. The molecule has 0 aliphatic carbocycles. The number of hydrogen-bond acceptors (Lipinski definition) is 4. The van der Waals surface area contributed by atoms with Gasteiger partial charge in [0.25, 0.3) is 0 Å². The summed E-state index contributed by atoms with van der Waals surface area (Å²) in [6.45, 7) is 3.70. The molecular formula is C15H21N5O. The Morgan fingerprint density at radius 3 is 2.86 bits per heavy atom. The lowest BCUT2D eigenvalue weighted by molar-refractivity contribution is 0.318. The monoisotopic (exact) mass is 287 g/mol. The van der Waals surface area contributed by atoms with Crippen molar-refractivity contribution in [3.63, 3.8) is 0 Å². The Morgan fingerprint density at radius 2 is 2.24 bits per heavy atom. The Labute approximate surface area is 124 Å². The van der Waals surface area contributed by atoms with E-state index < -0.39 is 0 Å². The molecule has 2 aromatic rings. The first-order chi connectivity index (χ1) is 10.1. The fraction of sp³-hybridized carbons (Fsp3) is 0.333. The lowest BCUT2D eigenvalue weighted by Gasteiger charge is -2.09. The minimum Gasteiger partial charge on any atom is -0.409 e. The zero-order chi connectivity index (χ0) is 15.2. The maximum Gasteiger partial charge on any atom is 0.170 e. The summed E-state index contributed by atoms with van der Waals surface area (Å²) >= 11 is 0. The van der Waals surface area contributed by atoms with Gasteiger partial charge in [-0.1, -0.05) is 17.3 Å². The van der Waals surface area contributed by atoms with Crippen molar-refractivity contribution in [2.24, 2.45) is 17.9 Å². The van der Waals surface area contributed by atoms with Gasteiger partial charge in [-0.25, -0.2) is 0 Å². The molecule has 2 rings (SSSR count). The first kappa shape index (κ1) is 15.1. The van der Waals surface area contributed by atoms with Gasteiger partial charge in [-0.15, -0.1) is 0 Å². The topological polar surface area (TPSA) is 88.5 Å². The molecule has 0 unspecified atom stereocenters. The van der Waals surface area contributed by atoms with Gasteiger partial charge in [0.1, 0.15) is 0 Å². The number of oxime groups is 1. The summed E-state index contributed by atoms with van der Waals surface area (Å²) in [6, 6.07) is 7.81. The van der Waals surface area contributed by atoms with Crippen LogP contribution in [-0.4, -0.2) is 27.4 Å². The predicted octanol–water partition coefficient (Wildman–Crippen LogP) is 1.16. The minimum absolute atomic E-state index is 0.133. The molecule has 21 heavy (non-hydrogen) atoms. The summed E-state index contributed by atoms with van der Waals surface area (Å²) in [5.41, 5.74) is 9.84. The normalized spacial score (nSPS) is 11.8. The van der Waals surface area contributed by atoms with Crippen molar-refractivity contribution in [3.8, 4) is 0 Å². The van der Waals surface area contributed by atoms with E-state index in [0.717, 1.165) is 30.6 Å². The van der Waals surface area contributed by atoms with Crippen LogP contribution < -0.4 is 11.1 Å². The summed E-state index contributed by atoms with van der Waals surface area (Å²) < 4.78 is 1.89. The van der Waals surface area contributed by atoms with Crippen LogP contribution >= 0.6 is 0 Å². The number of nitrogens with two attached hydrogens (primary N) is 1. The summed E-state index contributed by atoms with van der Waals surface area (Å²) in [5.74, 6) is 0.133. The molecule has 1 heterocycles. The Bertz CT molecular complexity index is 633. The van der Waals surface area contributed by atoms with E-state index in [1.54, 1.807) is 0 Å². The van der Waals surface area contributed by atoms with Gasteiger partial charge < -0.3 is 16.3 Å². The molecular weight excluding hydrogens is 266 g/mol. The highest BCUT2D eigenvalue weighted by Gasteiger charge is 2.04. The first-order valence-electron chi connectivity index (χ1n) is 6.87. The second-order valence-corrected chi connectivity index (χ2v) is 5.00. The van der Waals surface area contributed by atoms with Gasteiger partial charge in [-0.2, -0.15) is 5.10 Å². The van der Waals surface area contributed by atoms with Gasteiger partial charge in [-0.05, 0) is 30.2 Å². The average molecular weight is 287 g/mol. The van der Waals surface area contributed by atoms with Gasteiger partial charge in [0.15, 0.2) is 5.84 Å². The standard InChI is InChI=1S/C15H21N5O/c1-11-9-12(15(16)19-21)3-4-13(11)10-17-7-5-14-6-8-18-20(14)2/h3-4,6,8-9,17,21H,5,7,10H2,1-2H3,(H2,16,19). The molecule has 0 spiro atoms. The van der Waals surface area contributed by atoms with Gasteiger partial charge in [0, 0.05) is 44.0 Å². The van der Waals surface area contributed by atoms with Crippen LogP contribution in [0, 0.1) is 6.92 Å².